The second kappa shape index (κ2) is 9.13. The molecule has 2 atom stereocenters. The van der Waals surface area contributed by atoms with Crippen molar-refractivity contribution in [2.45, 2.75) is 39.4 Å². The van der Waals surface area contributed by atoms with Gasteiger partial charge in [0.15, 0.2) is 0 Å². The number of benzene rings is 1. The van der Waals surface area contributed by atoms with E-state index in [1.807, 2.05) is 37.3 Å². The molecule has 5 nitrogen and oxygen atoms in total. The molecule has 116 valence electrons. The van der Waals surface area contributed by atoms with E-state index in [4.69, 9.17) is 9.84 Å². The molecule has 0 spiro atoms. The molecule has 0 aliphatic heterocycles. The molecular formula is C16H23NO4. The van der Waals surface area contributed by atoms with Crippen molar-refractivity contribution in [2.75, 3.05) is 6.54 Å². The first kappa shape index (κ1) is 17.2. The summed E-state index contributed by atoms with van der Waals surface area (Å²) in [5, 5.41) is 11.5. The summed E-state index contributed by atoms with van der Waals surface area (Å²) in [6, 6.07) is 9.63. The number of carbonyl (C=O) groups excluding carboxylic acids is 1. The number of aliphatic carboxylic acids is 1. The molecular weight excluding hydrogens is 270 g/mol. The molecule has 0 aliphatic rings. The van der Waals surface area contributed by atoms with E-state index in [9.17, 15) is 9.59 Å². The summed E-state index contributed by atoms with van der Waals surface area (Å²) < 4.78 is 5.51. The third-order valence-electron chi connectivity index (χ3n) is 3.32. The summed E-state index contributed by atoms with van der Waals surface area (Å²) in [6.45, 7) is 4.34. The van der Waals surface area contributed by atoms with Crippen molar-refractivity contribution >= 4 is 11.9 Å². The Morgan fingerprint density at radius 3 is 2.52 bits per heavy atom. The Balaban J connectivity index is 2.32. The summed E-state index contributed by atoms with van der Waals surface area (Å²) in [7, 11) is 0. The van der Waals surface area contributed by atoms with Gasteiger partial charge in [-0.1, -0.05) is 43.7 Å². The number of carbonyl (C=O) groups is 2. The first-order valence-electron chi connectivity index (χ1n) is 7.18. The highest BCUT2D eigenvalue weighted by molar-refractivity contribution is 5.80. The standard InChI is InChI=1S/C16H23NO4/c1-3-13(9-15(18)19)10-17-16(20)12(2)21-11-14-7-5-4-6-8-14/h4-8,12-13H,3,9-11H2,1-2H3,(H,17,20)(H,18,19). The first-order chi connectivity index (χ1) is 10.0. The maximum Gasteiger partial charge on any atom is 0.303 e. The maximum atomic E-state index is 11.9. The van der Waals surface area contributed by atoms with E-state index < -0.39 is 12.1 Å². The Hall–Kier alpha value is -1.88. The van der Waals surface area contributed by atoms with Crippen LogP contribution in [0, 0.1) is 5.92 Å². The molecule has 0 saturated carbocycles. The van der Waals surface area contributed by atoms with Gasteiger partial charge in [0.2, 0.25) is 5.91 Å². The van der Waals surface area contributed by atoms with E-state index in [2.05, 4.69) is 5.32 Å². The number of carboxylic acids is 1. The number of ether oxygens (including phenoxy) is 1. The first-order valence-corrected chi connectivity index (χ1v) is 7.18. The van der Waals surface area contributed by atoms with Crippen molar-refractivity contribution in [1.82, 2.24) is 5.32 Å². The molecule has 2 unspecified atom stereocenters. The monoisotopic (exact) mass is 293 g/mol. The molecule has 2 N–H and O–H groups in total. The van der Waals surface area contributed by atoms with Crippen LogP contribution in [0.1, 0.15) is 32.3 Å². The van der Waals surface area contributed by atoms with Gasteiger partial charge < -0.3 is 15.2 Å². The van der Waals surface area contributed by atoms with E-state index in [1.54, 1.807) is 6.92 Å². The highest BCUT2D eigenvalue weighted by Gasteiger charge is 2.16. The van der Waals surface area contributed by atoms with Gasteiger partial charge in [-0.25, -0.2) is 0 Å². The van der Waals surface area contributed by atoms with Crippen LogP contribution in [0.15, 0.2) is 30.3 Å². The Morgan fingerprint density at radius 2 is 1.95 bits per heavy atom. The number of rotatable bonds is 9. The van der Waals surface area contributed by atoms with E-state index in [0.29, 0.717) is 19.6 Å². The van der Waals surface area contributed by atoms with E-state index in [0.717, 1.165) is 5.56 Å². The van der Waals surface area contributed by atoms with Gasteiger partial charge in [0.1, 0.15) is 6.10 Å². The minimum absolute atomic E-state index is 0.0484. The van der Waals surface area contributed by atoms with Crippen molar-refractivity contribution in [3.8, 4) is 0 Å². The fourth-order valence-electron chi connectivity index (χ4n) is 1.87. The van der Waals surface area contributed by atoms with Gasteiger partial charge in [-0.05, 0) is 18.4 Å². The minimum atomic E-state index is -0.843. The minimum Gasteiger partial charge on any atom is -0.481 e. The topological polar surface area (TPSA) is 75.6 Å². The molecule has 1 aromatic carbocycles. The molecule has 0 aromatic heterocycles. The highest BCUT2D eigenvalue weighted by Crippen LogP contribution is 2.07. The molecule has 21 heavy (non-hydrogen) atoms. The van der Waals surface area contributed by atoms with Crippen LogP contribution in [0.25, 0.3) is 0 Å². The van der Waals surface area contributed by atoms with Crippen LogP contribution in [-0.4, -0.2) is 29.6 Å². The lowest BCUT2D eigenvalue weighted by Gasteiger charge is -2.17. The van der Waals surface area contributed by atoms with Crippen molar-refractivity contribution < 1.29 is 19.4 Å². The third-order valence-corrected chi connectivity index (χ3v) is 3.32. The summed E-state index contributed by atoms with van der Waals surface area (Å²) in [6.07, 6.45) is 0.217. The average molecular weight is 293 g/mol. The average Bonchev–Trinajstić information content (AvgIpc) is 2.49. The number of amides is 1. The zero-order chi connectivity index (χ0) is 15.7. The zero-order valence-corrected chi connectivity index (χ0v) is 12.5. The maximum absolute atomic E-state index is 11.9. The largest absolute Gasteiger partial charge is 0.481 e. The van der Waals surface area contributed by atoms with Crippen molar-refractivity contribution in [3.05, 3.63) is 35.9 Å². The van der Waals surface area contributed by atoms with Crippen LogP contribution in [-0.2, 0) is 20.9 Å². The second-order valence-electron chi connectivity index (χ2n) is 5.06. The van der Waals surface area contributed by atoms with Crippen molar-refractivity contribution in [3.63, 3.8) is 0 Å². The van der Waals surface area contributed by atoms with Crippen molar-refractivity contribution in [2.24, 2.45) is 5.92 Å². The molecule has 1 rings (SSSR count). The number of carboxylic acid groups (broad SMARTS) is 1. The number of hydrogen-bond acceptors (Lipinski definition) is 3. The van der Waals surface area contributed by atoms with Crippen LogP contribution >= 0.6 is 0 Å². The predicted octanol–water partition coefficient (Wildman–Crippen LogP) is 2.21. The molecule has 1 amide bonds. The molecule has 0 aliphatic carbocycles. The van der Waals surface area contributed by atoms with Crippen LogP contribution in [0.2, 0.25) is 0 Å². The van der Waals surface area contributed by atoms with E-state index in [-0.39, 0.29) is 18.2 Å². The molecule has 0 heterocycles. The summed E-state index contributed by atoms with van der Waals surface area (Å²) in [5.41, 5.74) is 1.01. The lowest BCUT2D eigenvalue weighted by Crippen LogP contribution is -2.37. The Morgan fingerprint density at radius 1 is 1.29 bits per heavy atom. The van der Waals surface area contributed by atoms with E-state index in [1.165, 1.54) is 0 Å². The number of hydrogen-bond donors (Lipinski definition) is 2. The Labute approximate surface area is 125 Å². The van der Waals surface area contributed by atoms with Crippen LogP contribution in [0.3, 0.4) is 0 Å². The van der Waals surface area contributed by atoms with Crippen molar-refractivity contribution in [1.29, 1.82) is 0 Å². The van der Waals surface area contributed by atoms with Gasteiger partial charge in [-0.2, -0.15) is 0 Å². The Bertz CT molecular complexity index is 447. The summed E-state index contributed by atoms with van der Waals surface area (Å²) >= 11 is 0. The van der Waals surface area contributed by atoms with Gasteiger partial charge in [-0.3, -0.25) is 9.59 Å². The smallest absolute Gasteiger partial charge is 0.303 e. The molecule has 1 aromatic rings. The zero-order valence-electron chi connectivity index (χ0n) is 12.5. The van der Waals surface area contributed by atoms with Gasteiger partial charge in [0.25, 0.3) is 0 Å². The predicted molar refractivity (Wildman–Crippen MR) is 79.7 cm³/mol. The third kappa shape index (κ3) is 6.90. The van der Waals surface area contributed by atoms with Gasteiger partial charge in [0, 0.05) is 13.0 Å². The van der Waals surface area contributed by atoms with Crippen LogP contribution < -0.4 is 5.32 Å². The summed E-state index contributed by atoms with van der Waals surface area (Å²) in [5.74, 6) is -1.10. The lowest BCUT2D eigenvalue weighted by atomic mass is 10.0. The molecule has 0 saturated heterocycles. The normalized spacial score (nSPS) is 13.4. The van der Waals surface area contributed by atoms with Gasteiger partial charge in [0.05, 0.1) is 6.61 Å². The molecule has 0 fully saturated rings. The SMILES string of the molecule is CCC(CNC(=O)C(C)OCc1ccccc1)CC(=O)O. The second-order valence-corrected chi connectivity index (χ2v) is 5.06. The molecule has 0 bridgehead atoms. The molecule has 5 heteroatoms. The van der Waals surface area contributed by atoms with Crippen LogP contribution in [0.5, 0.6) is 0 Å². The van der Waals surface area contributed by atoms with Crippen LogP contribution in [0.4, 0.5) is 0 Å². The van der Waals surface area contributed by atoms with Gasteiger partial charge in [-0.15, -0.1) is 0 Å². The van der Waals surface area contributed by atoms with Gasteiger partial charge >= 0.3 is 5.97 Å². The highest BCUT2D eigenvalue weighted by atomic mass is 16.5. The van der Waals surface area contributed by atoms with E-state index >= 15 is 0 Å². The quantitative estimate of drug-likeness (QED) is 0.732. The fourth-order valence-corrected chi connectivity index (χ4v) is 1.87. The molecule has 0 radical (unpaired) electrons. The summed E-state index contributed by atoms with van der Waals surface area (Å²) in [4.78, 5) is 22.6. The Kier molecular flexibility index (Phi) is 7.46. The number of nitrogens with one attached hydrogen (secondary N) is 1. The lowest BCUT2D eigenvalue weighted by molar-refractivity contribution is -0.139. The fraction of sp³-hybridized carbons (Fsp3) is 0.500.